The van der Waals surface area contributed by atoms with Crippen LogP contribution in [0.3, 0.4) is 0 Å². The van der Waals surface area contributed by atoms with Crippen LogP contribution in [-0.2, 0) is 6.54 Å². The lowest BCUT2D eigenvalue weighted by atomic mass is 10.1. The summed E-state index contributed by atoms with van der Waals surface area (Å²) in [6.45, 7) is 0.748. The molecule has 0 aliphatic heterocycles. The molecular weight excluding hydrogens is 389 g/mol. The Morgan fingerprint density at radius 3 is 3.05 bits per heavy atom. The quantitative estimate of drug-likeness (QED) is 0.514. The minimum absolute atomic E-state index is 0.748. The third kappa shape index (κ3) is 2.39. The Morgan fingerprint density at radius 1 is 1.14 bits per heavy atom. The van der Waals surface area contributed by atoms with Gasteiger partial charge in [0.25, 0.3) is 0 Å². The van der Waals surface area contributed by atoms with Gasteiger partial charge in [-0.15, -0.1) is 0 Å². The largest absolute Gasteiger partial charge is 0.381 e. The first-order chi connectivity index (χ1) is 10.8. The lowest BCUT2D eigenvalue weighted by Crippen LogP contribution is -2.02. The van der Waals surface area contributed by atoms with Crippen molar-refractivity contribution in [3.05, 3.63) is 58.3 Å². The van der Waals surface area contributed by atoms with Gasteiger partial charge in [-0.1, -0.05) is 12.1 Å². The molecule has 0 saturated carbocycles. The van der Waals surface area contributed by atoms with Gasteiger partial charge in [0, 0.05) is 27.4 Å². The van der Waals surface area contributed by atoms with Crippen LogP contribution in [0.1, 0.15) is 5.56 Å². The van der Waals surface area contributed by atoms with Gasteiger partial charge in [-0.05, 0) is 46.4 Å². The highest BCUT2D eigenvalue weighted by Crippen LogP contribution is 2.23. The van der Waals surface area contributed by atoms with Crippen molar-refractivity contribution in [2.45, 2.75) is 6.54 Å². The lowest BCUT2D eigenvalue weighted by molar-refractivity contribution is 1.13. The Bertz CT molecular complexity index is 963. The van der Waals surface area contributed by atoms with Crippen LogP contribution in [0.5, 0.6) is 0 Å². The zero-order chi connectivity index (χ0) is 14.9. The van der Waals surface area contributed by atoms with E-state index in [1.54, 1.807) is 12.7 Å². The van der Waals surface area contributed by atoms with Crippen molar-refractivity contribution in [1.82, 2.24) is 19.9 Å². The molecule has 2 heterocycles. The van der Waals surface area contributed by atoms with E-state index in [-0.39, 0.29) is 0 Å². The molecule has 0 spiro atoms. The van der Waals surface area contributed by atoms with E-state index in [0.29, 0.717) is 0 Å². The number of fused-ring (bicyclic) bond motifs is 2. The molecule has 4 aromatic rings. The maximum absolute atomic E-state index is 4.37. The summed E-state index contributed by atoms with van der Waals surface area (Å²) in [5.74, 6) is 0. The van der Waals surface area contributed by atoms with E-state index in [1.165, 1.54) is 5.56 Å². The highest BCUT2D eigenvalue weighted by Gasteiger charge is 2.06. The number of anilines is 1. The first-order valence-electron chi connectivity index (χ1n) is 6.85. The Labute approximate surface area is 140 Å². The topological polar surface area (TPSA) is 66.5 Å². The Balaban J connectivity index is 1.61. The van der Waals surface area contributed by atoms with E-state index >= 15 is 0 Å². The van der Waals surface area contributed by atoms with Crippen molar-refractivity contribution in [2.24, 2.45) is 0 Å². The molecule has 0 aliphatic rings. The number of H-pyrrole nitrogens is 1. The van der Waals surface area contributed by atoms with Gasteiger partial charge in [0.2, 0.25) is 0 Å². The summed E-state index contributed by atoms with van der Waals surface area (Å²) in [6, 6.07) is 10.3. The Morgan fingerprint density at radius 2 is 2.09 bits per heavy atom. The summed E-state index contributed by atoms with van der Waals surface area (Å²) in [4.78, 5) is 15.8. The molecule has 0 bridgehead atoms. The smallest absolute Gasteiger partial charge is 0.116 e. The zero-order valence-corrected chi connectivity index (χ0v) is 13.7. The van der Waals surface area contributed by atoms with E-state index in [9.17, 15) is 0 Å². The third-order valence-electron chi connectivity index (χ3n) is 3.60. The van der Waals surface area contributed by atoms with Crippen molar-refractivity contribution >= 4 is 50.2 Å². The highest BCUT2D eigenvalue weighted by atomic mass is 127. The van der Waals surface area contributed by atoms with Gasteiger partial charge in [0.1, 0.15) is 6.33 Å². The molecule has 2 N–H and O–H groups in total. The molecule has 0 saturated heterocycles. The van der Waals surface area contributed by atoms with Crippen LogP contribution < -0.4 is 5.32 Å². The van der Waals surface area contributed by atoms with Crippen LogP contribution in [0.15, 0.2) is 49.2 Å². The van der Waals surface area contributed by atoms with Crippen LogP contribution in [0.4, 0.5) is 5.69 Å². The van der Waals surface area contributed by atoms with Crippen molar-refractivity contribution in [2.75, 3.05) is 5.32 Å². The first-order valence-corrected chi connectivity index (χ1v) is 7.93. The van der Waals surface area contributed by atoms with Gasteiger partial charge in [-0.2, -0.15) is 0 Å². The molecule has 0 amide bonds. The molecular formula is C16H12IN5. The third-order valence-corrected chi connectivity index (χ3v) is 4.80. The normalized spacial score (nSPS) is 11.1. The molecule has 0 atom stereocenters. The standard InChI is InChI=1S/C16H12IN5/c17-15-10(1-2-11-6-18-8-22-16(11)15)7-19-12-3-4-13-14(5-12)21-9-20-13/h1-6,8-9,19H,7H2,(H,20,21). The number of hydrogen-bond acceptors (Lipinski definition) is 4. The van der Waals surface area contributed by atoms with Crippen molar-refractivity contribution in [3.63, 3.8) is 0 Å². The maximum Gasteiger partial charge on any atom is 0.116 e. The van der Waals surface area contributed by atoms with Crippen molar-refractivity contribution < 1.29 is 0 Å². The number of nitrogens with zero attached hydrogens (tertiary/aromatic N) is 3. The molecule has 2 aromatic carbocycles. The molecule has 0 aliphatic carbocycles. The van der Waals surface area contributed by atoms with Crippen LogP contribution in [0, 0.1) is 3.57 Å². The molecule has 0 fully saturated rings. The van der Waals surface area contributed by atoms with Gasteiger partial charge in [-0.3, -0.25) is 0 Å². The summed E-state index contributed by atoms with van der Waals surface area (Å²) >= 11 is 2.35. The number of imidazole rings is 1. The van der Waals surface area contributed by atoms with Crippen LogP contribution >= 0.6 is 22.6 Å². The van der Waals surface area contributed by atoms with E-state index < -0.39 is 0 Å². The van der Waals surface area contributed by atoms with Crippen LogP contribution in [0.2, 0.25) is 0 Å². The van der Waals surface area contributed by atoms with Crippen molar-refractivity contribution in [3.8, 4) is 0 Å². The summed E-state index contributed by atoms with van der Waals surface area (Å²) in [5, 5.41) is 4.52. The predicted octanol–water partition coefficient (Wildman–Crippen LogP) is 3.72. The second-order valence-corrected chi connectivity index (χ2v) is 6.07. The summed E-state index contributed by atoms with van der Waals surface area (Å²) in [7, 11) is 0. The SMILES string of the molecule is Ic1c(CNc2ccc3nc[nH]c3c2)ccc2cncnc12. The van der Waals surface area contributed by atoms with Gasteiger partial charge in [0.05, 0.1) is 22.9 Å². The molecule has 108 valence electrons. The van der Waals surface area contributed by atoms with Crippen molar-refractivity contribution in [1.29, 1.82) is 0 Å². The van der Waals surface area contributed by atoms with Crippen LogP contribution in [0.25, 0.3) is 21.9 Å². The number of aromatic nitrogens is 4. The molecule has 2 aromatic heterocycles. The minimum atomic E-state index is 0.748. The molecule has 6 heteroatoms. The first kappa shape index (κ1) is 13.4. The molecule has 4 rings (SSSR count). The molecule has 0 unspecified atom stereocenters. The molecule has 5 nitrogen and oxygen atoms in total. The van der Waals surface area contributed by atoms with E-state index in [2.05, 4.69) is 66.0 Å². The Kier molecular flexibility index (Phi) is 3.38. The number of halogens is 1. The lowest BCUT2D eigenvalue weighted by Gasteiger charge is -2.10. The predicted molar refractivity (Wildman–Crippen MR) is 95.7 cm³/mol. The number of rotatable bonds is 3. The van der Waals surface area contributed by atoms with Gasteiger partial charge < -0.3 is 10.3 Å². The van der Waals surface area contributed by atoms with Gasteiger partial charge in [0.15, 0.2) is 0 Å². The van der Waals surface area contributed by atoms with Crippen LogP contribution in [-0.4, -0.2) is 19.9 Å². The summed E-state index contributed by atoms with van der Waals surface area (Å²) < 4.78 is 1.16. The maximum atomic E-state index is 4.37. The second-order valence-electron chi connectivity index (χ2n) is 4.99. The number of hydrogen-bond donors (Lipinski definition) is 2. The summed E-state index contributed by atoms with van der Waals surface area (Å²) in [5.41, 5.74) is 5.29. The van der Waals surface area contributed by atoms with E-state index in [1.807, 2.05) is 18.3 Å². The van der Waals surface area contributed by atoms with Gasteiger partial charge in [-0.25, -0.2) is 15.0 Å². The van der Waals surface area contributed by atoms with E-state index in [4.69, 9.17) is 0 Å². The fourth-order valence-corrected chi connectivity index (χ4v) is 3.26. The number of benzene rings is 2. The zero-order valence-electron chi connectivity index (χ0n) is 11.5. The second kappa shape index (κ2) is 5.53. The number of aromatic amines is 1. The highest BCUT2D eigenvalue weighted by molar-refractivity contribution is 14.1. The Hall–Kier alpha value is -2.22. The number of nitrogens with one attached hydrogen (secondary N) is 2. The average molecular weight is 401 g/mol. The molecule has 22 heavy (non-hydrogen) atoms. The summed E-state index contributed by atoms with van der Waals surface area (Å²) in [6.07, 6.45) is 5.14. The fraction of sp³-hybridized carbons (Fsp3) is 0.0625. The van der Waals surface area contributed by atoms with E-state index in [0.717, 1.165) is 37.7 Å². The molecule has 0 radical (unpaired) electrons. The average Bonchev–Trinajstić information content (AvgIpc) is 3.02. The van der Waals surface area contributed by atoms with Gasteiger partial charge >= 0.3 is 0 Å². The monoisotopic (exact) mass is 401 g/mol. The fourth-order valence-electron chi connectivity index (χ4n) is 2.44. The minimum Gasteiger partial charge on any atom is -0.381 e.